The second-order valence-electron chi connectivity index (χ2n) is 3.54. The first kappa shape index (κ1) is 12.3. The summed E-state index contributed by atoms with van der Waals surface area (Å²) in [5.74, 6) is -2.26. The molecule has 88 valence electrons. The molecule has 16 heavy (non-hydrogen) atoms. The van der Waals surface area contributed by atoms with E-state index in [2.05, 4.69) is 0 Å². The normalized spacial score (nSPS) is 12.2. The van der Waals surface area contributed by atoms with Crippen molar-refractivity contribution >= 4 is 5.97 Å². The predicted octanol–water partition coefficient (Wildman–Crippen LogP) is 2.12. The Morgan fingerprint density at radius 3 is 2.69 bits per heavy atom. The summed E-state index contributed by atoms with van der Waals surface area (Å²) in [5.41, 5.74) is 0.235. The Morgan fingerprint density at radius 1 is 1.56 bits per heavy atom. The van der Waals surface area contributed by atoms with E-state index >= 15 is 0 Å². The molecular formula is C11H13FO4. The van der Waals surface area contributed by atoms with Gasteiger partial charge in [0.25, 0.3) is 0 Å². The Morgan fingerprint density at radius 2 is 2.19 bits per heavy atom. The fraction of sp³-hybridized carbons (Fsp3) is 0.364. The first-order chi connectivity index (χ1) is 7.45. The van der Waals surface area contributed by atoms with Crippen LogP contribution >= 0.6 is 0 Å². The monoisotopic (exact) mass is 228 g/mol. The van der Waals surface area contributed by atoms with Gasteiger partial charge in [0.2, 0.25) is 0 Å². The number of benzene rings is 1. The number of rotatable bonds is 4. The van der Waals surface area contributed by atoms with Gasteiger partial charge in [-0.1, -0.05) is 6.92 Å². The molecule has 5 heteroatoms. The topological polar surface area (TPSA) is 66.8 Å². The Bertz CT molecular complexity index is 403. The molecule has 0 aliphatic carbocycles. The van der Waals surface area contributed by atoms with Gasteiger partial charge in [-0.3, -0.25) is 4.79 Å². The van der Waals surface area contributed by atoms with Crippen LogP contribution in [0.4, 0.5) is 4.39 Å². The van der Waals surface area contributed by atoms with Gasteiger partial charge in [-0.05, 0) is 12.0 Å². The van der Waals surface area contributed by atoms with E-state index in [-0.39, 0.29) is 23.5 Å². The van der Waals surface area contributed by atoms with Crippen LogP contribution in [0.1, 0.15) is 24.8 Å². The van der Waals surface area contributed by atoms with E-state index in [4.69, 9.17) is 9.84 Å². The van der Waals surface area contributed by atoms with E-state index in [1.54, 1.807) is 6.92 Å². The maximum atomic E-state index is 13.2. The molecule has 2 N–H and O–H groups in total. The summed E-state index contributed by atoms with van der Waals surface area (Å²) in [6.07, 6.45) is -0.180. The van der Waals surface area contributed by atoms with Gasteiger partial charge in [0.05, 0.1) is 13.5 Å². The molecular weight excluding hydrogens is 215 g/mol. The highest BCUT2D eigenvalue weighted by atomic mass is 19.1. The number of hydrogen-bond donors (Lipinski definition) is 2. The summed E-state index contributed by atoms with van der Waals surface area (Å²) in [4.78, 5) is 10.5. The zero-order valence-electron chi connectivity index (χ0n) is 9.03. The predicted molar refractivity (Wildman–Crippen MR) is 55.3 cm³/mol. The van der Waals surface area contributed by atoms with Crippen molar-refractivity contribution in [1.29, 1.82) is 0 Å². The van der Waals surface area contributed by atoms with Gasteiger partial charge in [-0.2, -0.15) is 0 Å². The van der Waals surface area contributed by atoms with Crippen LogP contribution in [0.15, 0.2) is 12.1 Å². The van der Waals surface area contributed by atoms with Crippen LogP contribution in [0.25, 0.3) is 0 Å². The van der Waals surface area contributed by atoms with Gasteiger partial charge in [0.15, 0.2) is 11.5 Å². The highest BCUT2D eigenvalue weighted by Gasteiger charge is 2.18. The third-order valence-electron chi connectivity index (χ3n) is 2.30. The Hall–Kier alpha value is -1.78. The molecule has 4 nitrogen and oxygen atoms in total. The molecule has 0 heterocycles. The maximum absolute atomic E-state index is 13.2. The van der Waals surface area contributed by atoms with Crippen LogP contribution in [0.5, 0.6) is 11.5 Å². The Labute approximate surface area is 92.3 Å². The number of aliphatic carboxylic acids is 1. The van der Waals surface area contributed by atoms with E-state index < -0.39 is 17.7 Å². The second-order valence-corrected chi connectivity index (χ2v) is 3.54. The molecule has 1 unspecified atom stereocenters. The zero-order valence-corrected chi connectivity index (χ0v) is 9.03. The molecule has 0 radical (unpaired) electrons. The summed E-state index contributed by atoms with van der Waals surface area (Å²) in [6, 6.07) is 2.16. The van der Waals surface area contributed by atoms with Crippen molar-refractivity contribution in [1.82, 2.24) is 0 Å². The fourth-order valence-corrected chi connectivity index (χ4v) is 1.50. The van der Waals surface area contributed by atoms with E-state index in [1.807, 2.05) is 0 Å². The molecule has 1 rings (SSSR count). The van der Waals surface area contributed by atoms with Crippen LogP contribution in [0.2, 0.25) is 0 Å². The SMILES string of the molecule is COc1cc(F)cc(C(C)CC(=O)O)c1O. The lowest BCUT2D eigenvalue weighted by Gasteiger charge is -2.13. The molecule has 0 fully saturated rings. The van der Waals surface area contributed by atoms with Gasteiger partial charge in [-0.15, -0.1) is 0 Å². The average molecular weight is 228 g/mol. The molecule has 0 aliphatic rings. The summed E-state index contributed by atoms with van der Waals surface area (Å²) < 4.78 is 17.9. The molecule has 0 aliphatic heterocycles. The zero-order chi connectivity index (χ0) is 12.3. The molecule has 0 bridgehead atoms. The van der Waals surface area contributed by atoms with Crippen LogP contribution < -0.4 is 4.74 Å². The molecule has 1 aromatic carbocycles. The number of carbonyl (C=O) groups is 1. The third kappa shape index (κ3) is 2.62. The molecule has 1 atom stereocenters. The number of carboxylic acid groups (broad SMARTS) is 1. The van der Waals surface area contributed by atoms with Gasteiger partial charge in [-0.25, -0.2) is 4.39 Å². The van der Waals surface area contributed by atoms with Crippen molar-refractivity contribution in [3.8, 4) is 11.5 Å². The number of ether oxygens (including phenoxy) is 1. The summed E-state index contributed by atoms with van der Waals surface area (Å²) in [7, 11) is 1.31. The van der Waals surface area contributed by atoms with E-state index in [9.17, 15) is 14.3 Å². The number of hydrogen-bond acceptors (Lipinski definition) is 3. The average Bonchev–Trinajstić information content (AvgIpc) is 2.19. The quantitative estimate of drug-likeness (QED) is 0.828. The second kappa shape index (κ2) is 4.83. The van der Waals surface area contributed by atoms with Crippen molar-refractivity contribution in [2.45, 2.75) is 19.3 Å². The van der Waals surface area contributed by atoms with E-state index in [1.165, 1.54) is 7.11 Å². The van der Waals surface area contributed by atoms with Crippen molar-refractivity contribution in [3.63, 3.8) is 0 Å². The highest BCUT2D eigenvalue weighted by Crippen LogP contribution is 2.36. The van der Waals surface area contributed by atoms with Crippen molar-refractivity contribution in [3.05, 3.63) is 23.5 Å². The lowest BCUT2D eigenvalue weighted by molar-refractivity contribution is -0.137. The van der Waals surface area contributed by atoms with E-state index in [0.717, 1.165) is 12.1 Å². The van der Waals surface area contributed by atoms with Crippen molar-refractivity contribution in [2.24, 2.45) is 0 Å². The number of phenols is 1. The smallest absolute Gasteiger partial charge is 0.303 e. The summed E-state index contributed by atoms with van der Waals surface area (Å²) in [6.45, 7) is 1.60. The minimum atomic E-state index is -1.00. The summed E-state index contributed by atoms with van der Waals surface area (Å²) >= 11 is 0. The lowest BCUT2D eigenvalue weighted by Crippen LogP contribution is -2.04. The maximum Gasteiger partial charge on any atom is 0.303 e. The van der Waals surface area contributed by atoms with Gasteiger partial charge in [0, 0.05) is 11.6 Å². The van der Waals surface area contributed by atoms with Crippen molar-refractivity contribution < 1.29 is 24.1 Å². The number of phenolic OH excluding ortho intramolecular Hbond substituents is 1. The van der Waals surface area contributed by atoms with Crippen LogP contribution in [0.3, 0.4) is 0 Å². The number of methoxy groups -OCH3 is 1. The first-order valence-electron chi connectivity index (χ1n) is 4.74. The number of aromatic hydroxyl groups is 1. The Balaban J connectivity index is 3.12. The molecule has 0 spiro atoms. The fourth-order valence-electron chi connectivity index (χ4n) is 1.50. The summed E-state index contributed by atoms with van der Waals surface area (Å²) in [5, 5.41) is 18.3. The first-order valence-corrected chi connectivity index (χ1v) is 4.74. The highest BCUT2D eigenvalue weighted by molar-refractivity contribution is 5.68. The largest absolute Gasteiger partial charge is 0.504 e. The molecule has 0 aromatic heterocycles. The molecule has 0 amide bonds. The third-order valence-corrected chi connectivity index (χ3v) is 2.30. The van der Waals surface area contributed by atoms with E-state index in [0.29, 0.717) is 0 Å². The van der Waals surface area contributed by atoms with Crippen LogP contribution in [0, 0.1) is 5.82 Å². The molecule has 1 aromatic rings. The van der Waals surface area contributed by atoms with Gasteiger partial charge in [0.1, 0.15) is 5.82 Å². The minimum Gasteiger partial charge on any atom is -0.504 e. The van der Waals surface area contributed by atoms with Gasteiger partial charge < -0.3 is 14.9 Å². The lowest BCUT2D eigenvalue weighted by atomic mass is 9.96. The van der Waals surface area contributed by atoms with Gasteiger partial charge >= 0.3 is 5.97 Å². The minimum absolute atomic E-state index is 0.00670. The van der Waals surface area contributed by atoms with Crippen LogP contribution in [-0.4, -0.2) is 23.3 Å². The standard InChI is InChI=1S/C11H13FO4/c1-6(3-10(13)14)8-4-7(12)5-9(16-2)11(8)15/h4-6,15H,3H2,1-2H3,(H,13,14). The number of halogens is 1. The van der Waals surface area contributed by atoms with Crippen LogP contribution in [-0.2, 0) is 4.79 Å². The molecule has 0 saturated carbocycles. The van der Waals surface area contributed by atoms with Crippen molar-refractivity contribution in [2.75, 3.05) is 7.11 Å². The molecule has 0 saturated heterocycles. The Kier molecular flexibility index (Phi) is 3.71. The number of carboxylic acids is 1.